The first kappa shape index (κ1) is 10.6. The van der Waals surface area contributed by atoms with E-state index in [9.17, 15) is 0 Å². The van der Waals surface area contributed by atoms with Gasteiger partial charge in [0.25, 0.3) is 0 Å². The Kier molecular flexibility index (Phi) is 3.96. The Bertz CT molecular complexity index is 313. The Labute approximate surface area is 84.1 Å². The molecule has 74 valence electrons. The molecule has 1 aromatic carbocycles. The normalized spacial score (nSPS) is 11.8. The first-order valence-corrected chi connectivity index (χ1v) is 4.59. The van der Waals surface area contributed by atoms with Crippen molar-refractivity contribution in [3.8, 4) is 11.8 Å². The molecular weight excluding hydrogens is 176 g/mol. The summed E-state index contributed by atoms with van der Waals surface area (Å²) in [6, 6.07) is 9.66. The van der Waals surface area contributed by atoms with Gasteiger partial charge in [0.15, 0.2) is 0 Å². The van der Waals surface area contributed by atoms with Crippen LogP contribution in [0.3, 0.4) is 0 Å². The zero-order valence-corrected chi connectivity index (χ0v) is 8.23. The van der Waals surface area contributed by atoms with Crippen molar-refractivity contribution in [2.45, 2.75) is 26.0 Å². The molecule has 0 radical (unpaired) electrons. The summed E-state index contributed by atoms with van der Waals surface area (Å²) in [5.74, 6) is 0.782. The van der Waals surface area contributed by atoms with Gasteiger partial charge in [-0.05, 0) is 24.6 Å². The van der Waals surface area contributed by atoms with Crippen LogP contribution in [-0.2, 0) is 6.54 Å². The maximum Gasteiger partial charge on any atom is 0.119 e. The number of hydrogen-bond donors (Lipinski definition) is 1. The molecule has 0 fully saturated rings. The molecule has 3 heteroatoms. The van der Waals surface area contributed by atoms with Crippen molar-refractivity contribution in [1.82, 2.24) is 0 Å². The number of nitrogens with zero attached hydrogens (tertiary/aromatic N) is 1. The molecule has 0 heterocycles. The van der Waals surface area contributed by atoms with Gasteiger partial charge < -0.3 is 10.5 Å². The van der Waals surface area contributed by atoms with E-state index in [1.54, 1.807) is 0 Å². The fourth-order valence-corrected chi connectivity index (χ4v) is 1.11. The summed E-state index contributed by atoms with van der Waals surface area (Å²) < 4.78 is 5.49. The zero-order chi connectivity index (χ0) is 10.4. The molecule has 0 aromatic heterocycles. The highest BCUT2D eigenvalue weighted by Gasteiger charge is 2.02. The summed E-state index contributed by atoms with van der Waals surface area (Å²) >= 11 is 0. The van der Waals surface area contributed by atoms with Gasteiger partial charge in [-0.3, -0.25) is 0 Å². The van der Waals surface area contributed by atoms with Gasteiger partial charge >= 0.3 is 0 Å². The molecule has 0 bridgehead atoms. The van der Waals surface area contributed by atoms with E-state index in [1.165, 1.54) is 0 Å². The smallest absolute Gasteiger partial charge is 0.119 e. The number of ether oxygens (including phenoxy) is 1. The third-order valence-electron chi connectivity index (χ3n) is 1.88. The van der Waals surface area contributed by atoms with Crippen molar-refractivity contribution in [2.24, 2.45) is 5.73 Å². The maximum atomic E-state index is 8.45. The van der Waals surface area contributed by atoms with E-state index in [0.717, 1.165) is 11.3 Å². The van der Waals surface area contributed by atoms with E-state index in [-0.39, 0.29) is 6.10 Å². The lowest BCUT2D eigenvalue weighted by Crippen LogP contribution is -2.10. The number of hydrogen-bond acceptors (Lipinski definition) is 3. The van der Waals surface area contributed by atoms with Gasteiger partial charge in [-0.1, -0.05) is 12.1 Å². The van der Waals surface area contributed by atoms with Gasteiger partial charge in [-0.2, -0.15) is 5.26 Å². The SMILES string of the molecule is CC(CC#N)Oc1ccc(CN)cc1. The van der Waals surface area contributed by atoms with Gasteiger partial charge in [0.2, 0.25) is 0 Å². The van der Waals surface area contributed by atoms with E-state index >= 15 is 0 Å². The topological polar surface area (TPSA) is 59.0 Å². The van der Waals surface area contributed by atoms with E-state index in [4.69, 9.17) is 15.7 Å². The standard InChI is InChI=1S/C11H14N2O/c1-9(6-7-12)14-11-4-2-10(8-13)3-5-11/h2-5,9H,6,8,13H2,1H3. The molecule has 3 nitrogen and oxygen atoms in total. The van der Waals surface area contributed by atoms with E-state index in [2.05, 4.69) is 6.07 Å². The summed E-state index contributed by atoms with van der Waals surface area (Å²) in [7, 11) is 0. The van der Waals surface area contributed by atoms with Gasteiger partial charge in [-0.15, -0.1) is 0 Å². The molecule has 1 rings (SSSR count). The molecule has 14 heavy (non-hydrogen) atoms. The minimum atomic E-state index is -0.0660. The quantitative estimate of drug-likeness (QED) is 0.787. The predicted molar refractivity (Wildman–Crippen MR) is 54.7 cm³/mol. The largest absolute Gasteiger partial charge is 0.490 e. The highest BCUT2D eigenvalue weighted by atomic mass is 16.5. The molecule has 0 aliphatic heterocycles. The lowest BCUT2D eigenvalue weighted by Gasteiger charge is -2.11. The summed E-state index contributed by atoms with van der Waals surface area (Å²) in [6.07, 6.45) is 0.335. The monoisotopic (exact) mass is 190 g/mol. The van der Waals surface area contributed by atoms with Gasteiger partial charge in [0.05, 0.1) is 12.5 Å². The number of nitrogens with two attached hydrogens (primary N) is 1. The van der Waals surface area contributed by atoms with Crippen LogP contribution in [0.2, 0.25) is 0 Å². The molecule has 0 saturated carbocycles. The average Bonchev–Trinajstić information content (AvgIpc) is 2.19. The van der Waals surface area contributed by atoms with Gasteiger partial charge in [0.1, 0.15) is 11.9 Å². The van der Waals surface area contributed by atoms with Crippen LogP contribution >= 0.6 is 0 Å². The van der Waals surface area contributed by atoms with Crippen molar-refractivity contribution in [2.75, 3.05) is 0 Å². The van der Waals surface area contributed by atoms with Crippen molar-refractivity contribution in [3.63, 3.8) is 0 Å². The third kappa shape index (κ3) is 3.08. The van der Waals surface area contributed by atoms with E-state index < -0.39 is 0 Å². The average molecular weight is 190 g/mol. The Morgan fingerprint density at radius 1 is 1.43 bits per heavy atom. The first-order chi connectivity index (χ1) is 6.76. The second-order valence-corrected chi connectivity index (χ2v) is 3.14. The zero-order valence-electron chi connectivity index (χ0n) is 8.23. The van der Waals surface area contributed by atoms with Crippen LogP contribution in [0.4, 0.5) is 0 Å². The second-order valence-electron chi connectivity index (χ2n) is 3.14. The number of nitriles is 1. The minimum absolute atomic E-state index is 0.0660. The van der Waals surface area contributed by atoms with E-state index in [1.807, 2.05) is 31.2 Å². The molecule has 0 spiro atoms. The molecule has 1 aromatic rings. The van der Waals surface area contributed by atoms with Crippen molar-refractivity contribution in [3.05, 3.63) is 29.8 Å². The molecule has 0 aliphatic rings. The Hall–Kier alpha value is -1.53. The van der Waals surface area contributed by atoms with Crippen molar-refractivity contribution < 1.29 is 4.74 Å². The van der Waals surface area contributed by atoms with Gasteiger partial charge in [-0.25, -0.2) is 0 Å². The first-order valence-electron chi connectivity index (χ1n) is 4.59. The predicted octanol–water partition coefficient (Wildman–Crippen LogP) is 1.83. The lowest BCUT2D eigenvalue weighted by atomic mass is 10.2. The fraction of sp³-hybridized carbons (Fsp3) is 0.364. The van der Waals surface area contributed by atoms with Crippen LogP contribution in [0.25, 0.3) is 0 Å². The highest BCUT2D eigenvalue weighted by Crippen LogP contribution is 2.14. The van der Waals surface area contributed by atoms with Crippen LogP contribution in [0, 0.1) is 11.3 Å². The lowest BCUT2D eigenvalue weighted by molar-refractivity contribution is 0.227. The van der Waals surface area contributed by atoms with Crippen molar-refractivity contribution >= 4 is 0 Å². The molecular formula is C11H14N2O. The van der Waals surface area contributed by atoms with Crippen LogP contribution in [0.5, 0.6) is 5.75 Å². The van der Waals surface area contributed by atoms with Crippen LogP contribution in [0.1, 0.15) is 18.9 Å². The van der Waals surface area contributed by atoms with Gasteiger partial charge in [0, 0.05) is 6.54 Å². The Balaban J connectivity index is 2.56. The van der Waals surface area contributed by atoms with E-state index in [0.29, 0.717) is 13.0 Å². The van der Waals surface area contributed by atoms with Crippen LogP contribution in [0.15, 0.2) is 24.3 Å². The van der Waals surface area contributed by atoms with Crippen LogP contribution in [-0.4, -0.2) is 6.10 Å². The Morgan fingerprint density at radius 3 is 2.57 bits per heavy atom. The fourth-order valence-electron chi connectivity index (χ4n) is 1.11. The van der Waals surface area contributed by atoms with Crippen molar-refractivity contribution in [1.29, 1.82) is 5.26 Å². The molecule has 2 N–H and O–H groups in total. The maximum absolute atomic E-state index is 8.45. The Morgan fingerprint density at radius 2 is 2.07 bits per heavy atom. The summed E-state index contributed by atoms with van der Waals surface area (Å²) in [5.41, 5.74) is 6.54. The van der Waals surface area contributed by atoms with Crippen LogP contribution < -0.4 is 10.5 Å². The molecule has 1 atom stereocenters. The summed E-state index contributed by atoms with van der Waals surface area (Å²) in [4.78, 5) is 0. The summed E-state index contributed by atoms with van der Waals surface area (Å²) in [5, 5.41) is 8.45. The molecule has 0 amide bonds. The number of rotatable bonds is 4. The third-order valence-corrected chi connectivity index (χ3v) is 1.88. The number of benzene rings is 1. The molecule has 1 unspecified atom stereocenters. The highest BCUT2D eigenvalue weighted by molar-refractivity contribution is 5.27. The molecule has 0 saturated heterocycles. The summed E-state index contributed by atoms with van der Waals surface area (Å²) in [6.45, 7) is 2.41. The minimum Gasteiger partial charge on any atom is -0.490 e. The second kappa shape index (κ2) is 5.25. The molecule has 0 aliphatic carbocycles.